The number of nitrogens with two attached hydrogens (primary N) is 1. The van der Waals surface area contributed by atoms with Gasteiger partial charge in [-0.15, -0.1) is 0 Å². The highest BCUT2D eigenvalue weighted by Gasteiger charge is 2.13. The van der Waals surface area contributed by atoms with E-state index >= 15 is 0 Å². The minimum absolute atomic E-state index is 0.328. The van der Waals surface area contributed by atoms with Gasteiger partial charge >= 0.3 is 5.97 Å². The number of hydrogen-bond donors (Lipinski definition) is 2. The molecule has 21 heavy (non-hydrogen) atoms. The zero-order chi connectivity index (χ0) is 15.2. The van der Waals surface area contributed by atoms with Crippen LogP contribution in [0.5, 0.6) is 0 Å². The van der Waals surface area contributed by atoms with Crippen LogP contribution in [-0.4, -0.2) is 12.6 Å². The molecular weight excluding hydrogens is 264 g/mol. The Morgan fingerprint density at radius 3 is 2.52 bits per heavy atom. The second-order valence-electron chi connectivity index (χ2n) is 4.62. The van der Waals surface area contributed by atoms with Crippen LogP contribution in [0.15, 0.2) is 42.5 Å². The average molecular weight is 284 g/mol. The first-order valence-corrected chi connectivity index (χ1v) is 7.07. The van der Waals surface area contributed by atoms with E-state index in [1.54, 1.807) is 19.1 Å². The van der Waals surface area contributed by atoms with Crippen molar-refractivity contribution < 1.29 is 9.53 Å². The lowest BCUT2D eigenvalue weighted by Crippen LogP contribution is -2.09. The van der Waals surface area contributed by atoms with Gasteiger partial charge in [-0.25, -0.2) is 4.79 Å². The van der Waals surface area contributed by atoms with Crippen LogP contribution in [0.3, 0.4) is 0 Å². The number of nitrogen functional groups attached to an aromatic ring is 1. The van der Waals surface area contributed by atoms with Crippen molar-refractivity contribution >= 4 is 23.0 Å². The molecule has 0 aliphatic carbocycles. The van der Waals surface area contributed by atoms with Crippen LogP contribution in [0.25, 0.3) is 0 Å². The molecule has 2 aromatic rings. The van der Waals surface area contributed by atoms with E-state index in [9.17, 15) is 4.79 Å². The summed E-state index contributed by atoms with van der Waals surface area (Å²) in [5, 5.41) is 3.30. The number of carbonyl (C=O) groups is 1. The number of rotatable bonds is 5. The number of carbonyl (C=O) groups excluding carboxylic acids is 1. The fourth-order valence-electron chi connectivity index (χ4n) is 2.16. The Bertz CT molecular complexity index is 638. The molecule has 2 rings (SSSR count). The van der Waals surface area contributed by atoms with Crippen LogP contribution in [0.1, 0.15) is 29.8 Å². The first-order valence-electron chi connectivity index (χ1n) is 7.07. The topological polar surface area (TPSA) is 64.3 Å². The van der Waals surface area contributed by atoms with Crippen molar-refractivity contribution in [3.63, 3.8) is 0 Å². The van der Waals surface area contributed by atoms with E-state index in [4.69, 9.17) is 10.5 Å². The second-order valence-corrected chi connectivity index (χ2v) is 4.62. The first-order chi connectivity index (χ1) is 10.2. The van der Waals surface area contributed by atoms with Gasteiger partial charge in [0, 0.05) is 5.69 Å². The van der Waals surface area contributed by atoms with Crippen molar-refractivity contribution in [3.05, 3.63) is 53.6 Å². The summed E-state index contributed by atoms with van der Waals surface area (Å²) in [4.78, 5) is 11.9. The third-order valence-electron chi connectivity index (χ3n) is 3.27. The van der Waals surface area contributed by atoms with Gasteiger partial charge in [0.1, 0.15) is 0 Å². The van der Waals surface area contributed by atoms with E-state index in [1.165, 1.54) is 5.56 Å². The molecule has 0 fully saturated rings. The van der Waals surface area contributed by atoms with Crippen LogP contribution in [-0.2, 0) is 11.2 Å². The molecule has 0 saturated carbocycles. The molecule has 0 heterocycles. The number of aryl methyl sites for hydroxylation is 1. The number of ether oxygens (including phenoxy) is 1. The highest BCUT2D eigenvalue weighted by molar-refractivity contribution is 5.98. The first kappa shape index (κ1) is 14.9. The van der Waals surface area contributed by atoms with E-state index in [0.29, 0.717) is 23.5 Å². The van der Waals surface area contributed by atoms with E-state index in [-0.39, 0.29) is 0 Å². The lowest BCUT2D eigenvalue weighted by Gasteiger charge is -2.14. The van der Waals surface area contributed by atoms with Crippen LogP contribution < -0.4 is 11.1 Å². The highest BCUT2D eigenvalue weighted by atomic mass is 16.5. The molecule has 2 aromatic carbocycles. The normalized spacial score (nSPS) is 10.2. The Morgan fingerprint density at radius 1 is 1.10 bits per heavy atom. The maximum atomic E-state index is 11.9. The van der Waals surface area contributed by atoms with Crippen molar-refractivity contribution in [3.8, 4) is 0 Å². The van der Waals surface area contributed by atoms with Gasteiger partial charge in [0.05, 0.1) is 23.5 Å². The van der Waals surface area contributed by atoms with E-state index in [0.717, 1.165) is 12.1 Å². The zero-order valence-electron chi connectivity index (χ0n) is 12.3. The van der Waals surface area contributed by atoms with Gasteiger partial charge in [-0.05, 0) is 37.1 Å². The Balaban J connectivity index is 2.33. The standard InChI is InChI=1S/C17H20N2O2/c1-3-12-8-5-6-10-14(12)19-15-11-7-9-13(16(15)18)17(20)21-4-2/h5-11,19H,3-4,18H2,1-2H3. The Kier molecular flexibility index (Phi) is 4.82. The Hall–Kier alpha value is -2.49. The molecule has 0 unspecified atom stereocenters. The van der Waals surface area contributed by atoms with Crippen molar-refractivity contribution in [2.45, 2.75) is 20.3 Å². The summed E-state index contributed by atoms with van der Waals surface area (Å²) in [6.07, 6.45) is 0.917. The summed E-state index contributed by atoms with van der Waals surface area (Å²) in [6.45, 7) is 4.20. The van der Waals surface area contributed by atoms with E-state index < -0.39 is 5.97 Å². The van der Waals surface area contributed by atoms with Gasteiger partial charge in [-0.2, -0.15) is 0 Å². The summed E-state index contributed by atoms with van der Waals surface area (Å²) < 4.78 is 5.01. The molecule has 0 amide bonds. The maximum absolute atomic E-state index is 11.9. The SMILES string of the molecule is CCOC(=O)c1cccc(Nc2ccccc2CC)c1N. The molecule has 0 aromatic heterocycles. The third-order valence-corrected chi connectivity index (χ3v) is 3.27. The van der Waals surface area contributed by atoms with Crippen molar-refractivity contribution in [1.82, 2.24) is 0 Å². The molecule has 110 valence electrons. The number of para-hydroxylation sites is 2. The van der Waals surface area contributed by atoms with Gasteiger partial charge in [-0.1, -0.05) is 31.2 Å². The van der Waals surface area contributed by atoms with E-state index in [1.807, 2.05) is 24.3 Å². The van der Waals surface area contributed by atoms with Crippen LogP contribution >= 0.6 is 0 Å². The van der Waals surface area contributed by atoms with Crippen molar-refractivity contribution in [2.24, 2.45) is 0 Å². The molecule has 3 N–H and O–H groups in total. The largest absolute Gasteiger partial charge is 0.462 e. The number of nitrogens with one attached hydrogen (secondary N) is 1. The molecule has 4 heteroatoms. The summed E-state index contributed by atoms with van der Waals surface area (Å²) in [6, 6.07) is 13.3. The molecule has 0 atom stereocenters. The predicted octanol–water partition coefficient (Wildman–Crippen LogP) is 3.75. The lowest BCUT2D eigenvalue weighted by atomic mass is 10.1. The van der Waals surface area contributed by atoms with Crippen molar-refractivity contribution in [2.75, 3.05) is 17.7 Å². The minimum atomic E-state index is -0.401. The molecule has 4 nitrogen and oxygen atoms in total. The average Bonchev–Trinajstić information content (AvgIpc) is 2.50. The van der Waals surface area contributed by atoms with Gasteiger partial charge in [0.2, 0.25) is 0 Å². The molecular formula is C17H20N2O2. The quantitative estimate of drug-likeness (QED) is 0.648. The fourth-order valence-corrected chi connectivity index (χ4v) is 2.16. The molecule has 0 radical (unpaired) electrons. The van der Waals surface area contributed by atoms with Crippen LogP contribution in [0.4, 0.5) is 17.1 Å². The number of benzene rings is 2. The second kappa shape index (κ2) is 6.79. The number of hydrogen-bond acceptors (Lipinski definition) is 4. The smallest absolute Gasteiger partial charge is 0.340 e. The highest BCUT2D eigenvalue weighted by Crippen LogP contribution is 2.28. The minimum Gasteiger partial charge on any atom is -0.462 e. The zero-order valence-corrected chi connectivity index (χ0v) is 12.3. The van der Waals surface area contributed by atoms with Crippen LogP contribution in [0.2, 0.25) is 0 Å². The number of anilines is 3. The molecule has 0 aliphatic heterocycles. The third kappa shape index (κ3) is 3.34. The molecule has 0 saturated heterocycles. The van der Waals surface area contributed by atoms with Crippen molar-refractivity contribution in [1.29, 1.82) is 0 Å². The summed E-state index contributed by atoms with van der Waals surface area (Å²) in [5.41, 5.74) is 9.78. The summed E-state index contributed by atoms with van der Waals surface area (Å²) >= 11 is 0. The summed E-state index contributed by atoms with van der Waals surface area (Å²) in [7, 11) is 0. The molecule has 0 bridgehead atoms. The van der Waals surface area contributed by atoms with Gasteiger partial charge in [0.25, 0.3) is 0 Å². The molecule has 0 spiro atoms. The lowest BCUT2D eigenvalue weighted by molar-refractivity contribution is 0.0527. The maximum Gasteiger partial charge on any atom is 0.340 e. The Labute approximate surface area is 124 Å². The number of esters is 1. The van der Waals surface area contributed by atoms with Crippen LogP contribution in [0, 0.1) is 0 Å². The predicted molar refractivity (Wildman–Crippen MR) is 85.9 cm³/mol. The summed E-state index contributed by atoms with van der Waals surface area (Å²) in [5.74, 6) is -0.401. The monoisotopic (exact) mass is 284 g/mol. The van der Waals surface area contributed by atoms with E-state index in [2.05, 4.69) is 18.3 Å². The fraction of sp³-hybridized carbons (Fsp3) is 0.235. The Morgan fingerprint density at radius 2 is 1.81 bits per heavy atom. The van der Waals surface area contributed by atoms with Gasteiger partial charge in [0.15, 0.2) is 0 Å². The van der Waals surface area contributed by atoms with Gasteiger partial charge in [-0.3, -0.25) is 0 Å². The molecule has 0 aliphatic rings. The van der Waals surface area contributed by atoms with Gasteiger partial charge < -0.3 is 15.8 Å².